The van der Waals surface area contributed by atoms with Gasteiger partial charge in [-0.2, -0.15) is 0 Å². The summed E-state index contributed by atoms with van der Waals surface area (Å²) in [5, 5.41) is 3.17. The number of aromatic nitrogens is 2. The molecule has 2 rings (SSSR count). The molecule has 110 valence electrons. The molecule has 6 heteroatoms. The number of rotatable bonds is 3. The van der Waals surface area contributed by atoms with Crippen molar-refractivity contribution >= 4 is 17.5 Å². The highest BCUT2D eigenvalue weighted by atomic mass is 16.2. The van der Waals surface area contributed by atoms with Crippen molar-refractivity contribution in [1.29, 1.82) is 0 Å². The van der Waals surface area contributed by atoms with Crippen LogP contribution in [0, 0.1) is 13.8 Å². The van der Waals surface area contributed by atoms with Crippen LogP contribution in [-0.2, 0) is 4.79 Å². The van der Waals surface area contributed by atoms with Crippen molar-refractivity contribution in [2.45, 2.75) is 46.1 Å². The Balaban J connectivity index is 2.07. The Labute approximate surface area is 119 Å². The van der Waals surface area contributed by atoms with Crippen LogP contribution < -0.4 is 11.1 Å². The van der Waals surface area contributed by atoms with Crippen LogP contribution in [0.25, 0.3) is 0 Å². The zero-order chi connectivity index (χ0) is 14.7. The number of nitrogens with one attached hydrogen (secondary N) is 1. The van der Waals surface area contributed by atoms with Gasteiger partial charge in [-0.1, -0.05) is 0 Å². The van der Waals surface area contributed by atoms with Gasteiger partial charge in [0.1, 0.15) is 23.5 Å². The minimum atomic E-state index is -0.305. The maximum absolute atomic E-state index is 12.4. The van der Waals surface area contributed by atoms with Crippen LogP contribution in [0.1, 0.15) is 37.6 Å². The van der Waals surface area contributed by atoms with E-state index in [4.69, 9.17) is 5.73 Å². The van der Waals surface area contributed by atoms with Crippen LogP contribution in [-0.4, -0.2) is 39.9 Å². The Kier molecular flexibility index (Phi) is 4.42. The molecule has 1 saturated heterocycles. The van der Waals surface area contributed by atoms with E-state index in [9.17, 15) is 4.79 Å². The van der Waals surface area contributed by atoms with E-state index in [1.807, 2.05) is 18.7 Å². The number of nitrogens with zero attached hydrogens (tertiary/aromatic N) is 3. The average Bonchev–Trinajstić information content (AvgIpc) is 2.44. The Hall–Kier alpha value is -1.85. The molecule has 0 spiro atoms. The molecule has 1 aromatic rings. The second-order valence-corrected chi connectivity index (χ2v) is 5.38. The molecule has 0 radical (unpaired) electrons. The minimum Gasteiger partial charge on any atom is -0.383 e. The summed E-state index contributed by atoms with van der Waals surface area (Å²) in [4.78, 5) is 22.7. The number of hydrogen-bond donors (Lipinski definition) is 2. The first kappa shape index (κ1) is 14.6. The van der Waals surface area contributed by atoms with Crippen molar-refractivity contribution in [3.8, 4) is 0 Å². The molecule has 1 aliphatic heterocycles. The maximum Gasteiger partial charge on any atom is 0.244 e. The lowest BCUT2D eigenvalue weighted by Crippen LogP contribution is -2.44. The molecular weight excluding hydrogens is 254 g/mol. The third-order valence-electron chi connectivity index (χ3n) is 3.69. The van der Waals surface area contributed by atoms with Gasteiger partial charge in [0.15, 0.2) is 0 Å². The number of piperidine rings is 1. The molecule has 0 aliphatic carbocycles. The number of likely N-dealkylation sites (tertiary alicyclic amines) is 1. The topological polar surface area (TPSA) is 84.1 Å². The van der Waals surface area contributed by atoms with E-state index >= 15 is 0 Å². The molecule has 3 N–H and O–H groups in total. The number of hydrogen-bond acceptors (Lipinski definition) is 5. The zero-order valence-corrected chi connectivity index (χ0v) is 12.4. The fourth-order valence-electron chi connectivity index (χ4n) is 2.45. The fraction of sp³-hybridized carbons (Fsp3) is 0.643. The number of aryl methyl sites for hydroxylation is 1. The standard InChI is InChI=1S/C14H23N5O/c1-9-12(15)17-11(3)18-13(9)16-10(2)14(20)19-7-5-4-6-8-19/h10H,4-8H2,1-3H3,(H3,15,16,17,18). The second kappa shape index (κ2) is 6.07. The molecule has 0 aromatic carbocycles. The quantitative estimate of drug-likeness (QED) is 0.874. The molecule has 2 heterocycles. The van der Waals surface area contributed by atoms with Gasteiger partial charge in [-0.15, -0.1) is 0 Å². The van der Waals surface area contributed by atoms with Crippen LogP contribution in [0.5, 0.6) is 0 Å². The number of amides is 1. The fourth-order valence-corrected chi connectivity index (χ4v) is 2.45. The molecule has 1 fully saturated rings. The van der Waals surface area contributed by atoms with Crippen molar-refractivity contribution in [1.82, 2.24) is 14.9 Å². The van der Waals surface area contributed by atoms with E-state index < -0.39 is 0 Å². The number of carbonyl (C=O) groups is 1. The lowest BCUT2D eigenvalue weighted by Gasteiger charge is -2.29. The van der Waals surface area contributed by atoms with E-state index in [2.05, 4.69) is 15.3 Å². The highest BCUT2D eigenvalue weighted by molar-refractivity contribution is 5.84. The minimum absolute atomic E-state index is 0.124. The van der Waals surface area contributed by atoms with Gasteiger partial charge < -0.3 is 16.0 Å². The lowest BCUT2D eigenvalue weighted by molar-refractivity contribution is -0.132. The zero-order valence-electron chi connectivity index (χ0n) is 12.4. The Morgan fingerprint density at radius 1 is 1.25 bits per heavy atom. The molecule has 0 saturated carbocycles. The van der Waals surface area contributed by atoms with Crippen molar-refractivity contribution in [3.63, 3.8) is 0 Å². The Morgan fingerprint density at radius 3 is 2.55 bits per heavy atom. The average molecular weight is 277 g/mol. The molecule has 20 heavy (non-hydrogen) atoms. The number of carbonyl (C=O) groups excluding carboxylic acids is 1. The normalized spacial score (nSPS) is 16.9. The lowest BCUT2D eigenvalue weighted by atomic mass is 10.1. The molecule has 0 bridgehead atoms. The van der Waals surface area contributed by atoms with Gasteiger partial charge in [-0.3, -0.25) is 4.79 Å². The molecule has 1 aromatic heterocycles. The van der Waals surface area contributed by atoms with Gasteiger partial charge in [-0.25, -0.2) is 9.97 Å². The monoisotopic (exact) mass is 277 g/mol. The van der Waals surface area contributed by atoms with Crippen LogP contribution in [0.3, 0.4) is 0 Å². The summed E-state index contributed by atoms with van der Waals surface area (Å²) in [6.07, 6.45) is 3.40. The van der Waals surface area contributed by atoms with Crippen LogP contribution in [0.15, 0.2) is 0 Å². The summed E-state index contributed by atoms with van der Waals surface area (Å²) in [5.41, 5.74) is 6.62. The molecule has 1 aliphatic rings. The van der Waals surface area contributed by atoms with Gasteiger partial charge in [0.05, 0.1) is 0 Å². The smallest absolute Gasteiger partial charge is 0.244 e. The first-order chi connectivity index (χ1) is 9.49. The van der Waals surface area contributed by atoms with Crippen molar-refractivity contribution in [3.05, 3.63) is 11.4 Å². The van der Waals surface area contributed by atoms with Gasteiger partial charge in [0.25, 0.3) is 0 Å². The van der Waals surface area contributed by atoms with Crippen molar-refractivity contribution in [2.24, 2.45) is 0 Å². The summed E-state index contributed by atoms with van der Waals surface area (Å²) >= 11 is 0. The molecule has 1 atom stereocenters. The number of nitrogen functional groups attached to an aromatic ring is 1. The summed E-state index contributed by atoms with van der Waals surface area (Å²) in [6.45, 7) is 7.22. The van der Waals surface area contributed by atoms with Crippen LogP contribution in [0.2, 0.25) is 0 Å². The first-order valence-corrected chi connectivity index (χ1v) is 7.15. The third kappa shape index (κ3) is 3.18. The predicted octanol–water partition coefficient (Wildman–Crippen LogP) is 1.49. The third-order valence-corrected chi connectivity index (χ3v) is 3.69. The molecule has 1 unspecified atom stereocenters. The summed E-state index contributed by atoms with van der Waals surface area (Å²) < 4.78 is 0. The molecular formula is C14H23N5O. The van der Waals surface area contributed by atoms with Crippen LogP contribution >= 0.6 is 0 Å². The van der Waals surface area contributed by atoms with E-state index in [1.165, 1.54) is 6.42 Å². The second-order valence-electron chi connectivity index (χ2n) is 5.38. The van der Waals surface area contributed by atoms with E-state index in [0.29, 0.717) is 17.5 Å². The summed E-state index contributed by atoms with van der Waals surface area (Å²) in [6, 6.07) is -0.305. The van der Waals surface area contributed by atoms with Gasteiger partial charge in [0, 0.05) is 18.7 Å². The number of nitrogens with two attached hydrogens (primary N) is 1. The highest BCUT2D eigenvalue weighted by Gasteiger charge is 2.23. The van der Waals surface area contributed by atoms with E-state index in [-0.39, 0.29) is 11.9 Å². The largest absolute Gasteiger partial charge is 0.383 e. The Morgan fingerprint density at radius 2 is 1.90 bits per heavy atom. The number of anilines is 2. The molecule has 6 nitrogen and oxygen atoms in total. The highest BCUT2D eigenvalue weighted by Crippen LogP contribution is 2.18. The maximum atomic E-state index is 12.4. The van der Waals surface area contributed by atoms with Gasteiger partial charge in [0.2, 0.25) is 5.91 Å². The van der Waals surface area contributed by atoms with Gasteiger partial charge >= 0.3 is 0 Å². The van der Waals surface area contributed by atoms with Crippen LogP contribution in [0.4, 0.5) is 11.6 Å². The van der Waals surface area contributed by atoms with E-state index in [1.54, 1.807) is 6.92 Å². The molecule has 1 amide bonds. The predicted molar refractivity (Wildman–Crippen MR) is 79.4 cm³/mol. The van der Waals surface area contributed by atoms with E-state index in [0.717, 1.165) is 31.5 Å². The summed E-state index contributed by atoms with van der Waals surface area (Å²) in [5.74, 6) is 1.83. The SMILES string of the molecule is Cc1nc(N)c(C)c(NC(C)C(=O)N2CCCCC2)n1. The Bertz CT molecular complexity index is 497. The van der Waals surface area contributed by atoms with Crippen molar-refractivity contribution < 1.29 is 4.79 Å². The van der Waals surface area contributed by atoms with Gasteiger partial charge in [-0.05, 0) is 40.0 Å². The van der Waals surface area contributed by atoms with Crippen molar-refractivity contribution in [2.75, 3.05) is 24.1 Å². The first-order valence-electron chi connectivity index (χ1n) is 7.15. The summed E-state index contributed by atoms with van der Waals surface area (Å²) in [7, 11) is 0.